The van der Waals surface area contributed by atoms with Crippen LogP contribution >= 0.6 is 36.9 Å². The number of hydrogen-bond acceptors (Lipinski definition) is 2. The minimum atomic E-state index is 0.638. The van der Waals surface area contributed by atoms with E-state index in [1.165, 1.54) is 5.56 Å². The molecule has 0 aromatic heterocycles. The molecule has 0 aliphatic carbocycles. The molecule has 0 N–H and O–H groups in total. The van der Waals surface area contributed by atoms with Gasteiger partial charge in [-0.25, -0.2) is 0 Å². The van der Waals surface area contributed by atoms with Crippen LogP contribution in [0.15, 0.2) is 28.0 Å². The highest BCUT2D eigenvalue weighted by Gasteiger charge is 1.97. The SMILES string of the molecule is Sc1ccc(CCCl)c(S)c1. The highest BCUT2D eigenvalue weighted by Crippen LogP contribution is 2.18. The average Bonchev–Trinajstić information content (AvgIpc) is 1.95. The van der Waals surface area contributed by atoms with Crippen molar-refractivity contribution in [1.29, 1.82) is 0 Å². The highest BCUT2D eigenvalue weighted by molar-refractivity contribution is 7.81. The number of benzene rings is 1. The van der Waals surface area contributed by atoms with Crippen LogP contribution in [0.25, 0.3) is 0 Å². The summed E-state index contributed by atoms with van der Waals surface area (Å²) in [4.78, 5) is 1.91. The van der Waals surface area contributed by atoms with Crippen molar-refractivity contribution >= 4 is 36.9 Å². The smallest absolute Gasteiger partial charge is 0.0264 e. The largest absolute Gasteiger partial charge is 0.143 e. The summed E-state index contributed by atoms with van der Waals surface area (Å²) in [6, 6.07) is 5.88. The molecule has 0 unspecified atom stereocenters. The van der Waals surface area contributed by atoms with Gasteiger partial charge in [0.2, 0.25) is 0 Å². The number of aryl methyl sites for hydroxylation is 1. The summed E-state index contributed by atoms with van der Waals surface area (Å²) in [6.45, 7) is 0. The Morgan fingerprint density at radius 2 is 2.00 bits per heavy atom. The van der Waals surface area contributed by atoms with E-state index in [1.807, 2.05) is 18.2 Å². The predicted octanol–water partition coefficient (Wildman–Crippen LogP) is 3.05. The molecule has 0 nitrogen and oxygen atoms in total. The Morgan fingerprint density at radius 1 is 1.27 bits per heavy atom. The molecule has 1 aromatic carbocycles. The highest BCUT2D eigenvalue weighted by atomic mass is 35.5. The van der Waals surface area contributed by atoms with Crippen molar-refractivity contribution in [2.75, 3.05) is 5.88 Å². The number of thiol groups is 2. The van der Waals surface area contributed by atoms with E-state index < -0.39 is 0 Å². The second-order valence-corrected chi connectivity index (χ2v) is 3.63. The molecule has 0 bridgehead atoms. The molecule has 0 atom stereocenters. The van der Waals surface area contributed by atoms with Gasteiger partial charge in [0.25, 0.3) is 0 Å². The maximum Gasteiger partial charge on any atom is 0.0264 e. The molecular weight excluding hydrogens is 196 g/mol. The van der Waals surface area contributed by atoms with Gasteiger partial charge in [0.15, 0.2) is 0 Å². The molecule has 0 amide bonds. The number of halogens is 1. The quantitative estimate of drug-likeness (QED) is 0.537. The zero-order chi connectivity index (χ0) is 8.27. The molecule has 0 aliphatic rings. The van der Waals surface area contributed by atoms with Gasteiger partial charge in [0, 0.05) is 15.7 Å². The minimum Gasteiger partial charge on any atom is -0.143 e. The Morgan fingerprint density at radius 3 is 2.55 bits per heavy atom. The maximum absolute atomic E-state index is 5.59. The summed E-state index contributed by atoms with van der Waals surface area (Å²) in [5.74, 6) is 0.638. The molecule has 0 spiro atoms. The lowest BCUT2D eigenvalue weighted by Gasteiger charge is -2.02. The van der Waals surface area contributed by atoms with Crippen LogP contribution < -0.4 is 0 Å². The van der Waals surface area contributed by atoms with Crippen LogP contribution in [0.5, 0.6) is 0 Å². The molecule has 1 rings (SSSR count). The third-order valence-corrected chi connectivity index (χ3v) is 2.32. The molecular formula is C8H9ClS2. The normalized spacial score (nSPS) is 10.1. The van der Waals surface area contributed by atoms with Crippen molar-refractivity contribution in [1.82, 2.24) is 0 Å². The van der Waals surface area contributed by atoms with Gasteiger partial charge < -0.3 is 0 Å². The molecule has 11 heavy (non-hydrogen) atoms. The van der Waals surface area contributed by atoms with Crippen LogP contribution in [0.4, 0.5) is 0 Å². The van der Waals surface area contributed by atoms with E-state index >= 15 is 0 Å². The Labute approximate surface area is 82.8 Å². The zero-order valence-corrected chi connectivity index (χ0v) is 8.46. The lowest BCUT2D eigenvalue weighted by atomic mass is 10.2. The van der Waals surface area contributed by atoms with Gasteiger partial charge in [-0.1, -0.05) is 6.07 Å². The van der Waals surface area contributed by atoms with E-state index in [2.05, 4.69) is 25.3 Å². The van der Waals surface area contributed by atoms with Gasteiger partial charge in [-0.05, 0) is 24.1 Å². The van der Waals surface area contributed by atoms with Crippen molar-refractivity contribution in [3.8, 4) is 0 Å². The Balaban J connectivity index is 2.90. The van der Waals surface area contributed by atoms with E-state index in [9.17, 15) is 0 Å². The van der Waals surface area contributed by atoms with Gasteiger partial charge in [-0.3, -0.25) is 0 Å². The van der Waals surface area contributed by atoms with E-state index in [4.69, 9.17) is 11.6 Å². The molecule has 0 aliphatic heterocycles. The third-order valence-electron chi connectivity index (χ3n) is 1.43. The van der Waals surface area contributed by atoms with Crippen molar-refractivity contribution in [2.45, 2.75) is 16.2 Å². The molecule has 0 saturated carbocycles. The van der Waals surface area contributed by atoms with Gasteiger partial charge in [0.05, 0.1) is 0 Å². The lowest BCUT2D eigenvalue weighted by molar-refractivity contribution is 1.08. The summed E-state index contributed by atoms with van der Waals surface area (Å²) in [7, 11) is 0. The number of rotatable bonds is 2. The van der Waals surface area contributed by atoms with Crippen LogP contribution in [0.3, 0.4) is 0 Å². The molecule has 0 heterocycles. The lowest BCUT2D eigenvalue weighted by Crippen LogP contribution is -1.87. The van der Waals surface area contributed by atoms with Gasteiger partial charge in [0.1, 0.15) is 0 Å². The summed E-state index contributed by atoms with van der Waals surface area (Å²) in [5, 5.41) is 0. The van der Waals surface area contributed by atoms with Crippen LogP contribution in [-0.4, -0.2) is 5.88 Å². The van der Waals surface area contributed by atoms with Crippen LogP contribution in [-0.2, 0) is 6.42 Å². The Hall–Kier alpha value is 0.210. The molecule has 3 heteroatoms. The topological polar surface area (TPSA) is 0 Å². The van der Waals surface area contributed by atoms with Gasteiger partial charge >= 0.3 is 0 Å². The van der Waals surface area contributed by atoms with E-state index in [0.29, 0.717) is 5.88 Å². The van der Waals surface area contributed by atoms with Crippen molar-refractivity contribution in [3.05, 3.63) is 23.8 Å². The summed E-state index contributed by atoms with van der Waals surface area (Å²) in [6.07, 6.45) is 0.869. The molecule has 0 saturated heterocycles. The monoisotopic (exact) mass is 204 g/mol. The van der Waals surface area contributed by atoms with Gasteiger partial charge in [-0.2, -0.15) is 0 Å². The van der Waals surface area contributed by atoms with Crippen molar-refractivity contribution in [3.63, 3.8) is 0 Å². The first-order chi connectivity index (χ1) is 5.24. The Kier molecular flexibility index (Phi) is 3.63. The first kappa shape index (κ1) is 9.30. The van der Waals surface area contributed by atoms with E-state index in [1.54, 1.807) is 0 Å². The van der Waals surface area contributed by atoms with E-state index in [-0.39, 0.29) is 0 Å². The molecule has 0 fully saturated rings. The van der Waals surface area contributed by atoms with Gasteiger partial charge in [-0.15, -0.1) is 36.9 Å². The summed E-state index contributed by atoms with van der Waals surface area (Å²) >= 11 is 14.1. The average molecular weight is 205 g/mol. The second-order valence-electron chi connectivity index (χ2n) is 2.25. The fourth-order valence-electron chi connectivity index (χ4n) is 0.865. The van der Waals surface area contributed by atoms with Crippen molar-refractivity contribution < 1.29 is 0 Å². The third kappa shape index (κ3) is 2.62. The first-order valence-corrected chi connectivity index (χ1v) is 4.74. The zero-order valence-electron chi connectivity index (χ0n) is 5.92. The van der Waals surface area contributed by atoms with Crippen LogP contribution in [0, 0.1) is 0 Å². The first-order valence-electron chi connectivity index (χ1n) is 3.31. The van der Waals surface area contributed by atoms with Crippen LogP contribution in [0.1, 0.15) is 5.56 Å². The number of alkyl halides is 1. The fraction of sp³-hybridized carbons (Fsp3) is 0.250. The molecule has 0 radical (unpaired) electrons. The summed E-state index contributed by atoms with van der Waals surface area (Å²) in [5.41, 5.74) is 1.18. The van der Waals surface area contributed by atoms with Crippen LogP contribution in [0.2, 0.25) is 0 Å². The molecule has 60 valence electrons. The molecule has 1 aromatic rings. The fourth-order valence-corrected chi connectivity index (χ4v) is 1.70. The Bertz CT molecular complexity index is 248. The minimum absolute atomic E-state index is 0.638. The standard InChI is InChI=1S/C8H9ClS2/c9-4-3-6-1-2-7(10)5-8(6)11/h1-2,5,10-11H,3-4H2. The second kappa shape index (κ2) is 4.29. The maximum atomic E-state index is 5.59. The van der Waals surface area contributed by atoms with Crippen molar-refractivity contribution in [2.24, 2.45) is 0 Å². The number of hydrogen-bond donors (Lipinski definition) is 2. The predicted molar refractivity (Wildman–Crippen MR) is 55.4 cm³/mol. The summed E-state index contributed by atoms with van der Waals surface area (Å²) < 4.78 is 0. The van der Waals surface area contributed by atoms with E-state index in [0.717, 1.165) is 16.2 Å².